The molecule has 3 amide bonds. The number of hydrogen-bond donors (Lipinski definition) is 3. The van der Waals surface area contributed by atoms with E-state index < -0.39 is 11.8 Å². The van der Waals surface area contributed by atoms with Gasteiger partial charge in [-0.05, 0) is 67.4 Å². The SMILES string of the molecule is CCCCCCOc1ccc(Br)cc1C(=O)NNC(=O)c1ccc(NC(=O)c2ccccc2C)cc1. The van der Waals surface area contributed by atoms with Gasteiger partial charge in [0.25, 0.3) is 17.7 Å². The Kier molecular flexibility index (Phi) is 10.1. The highest BCUT2D eigenvalue weighted by atomic mass is 79.9. The first kappa shape index (κ1) is 26.9. The summed E-state index contributed by atoms with van der Waals surface area (Å²) < 4.78 is 6.53. The molecule has 7 nitrogen and oxygen atoms in total. The van der Waals surface area contributed by atoms with Gasteiger partial charge in [-0.25, -0.2) is 0 Å². The van der Waals surface area contributed by atoms with E-state index in [1.807, 2.05) is 19.1 Å². The molecule has 0 aliphatic heterocycles. The minimum Gasteiger partial charge on any atom is -0.493 e. The van der Waals surface area contributed by atoms with E-state index in [2.05, 4.69) is 39.0 Å². The lowest BCUT2D eigenvalue weighted by Crippen LogP contribution is -2.41. The summed E-state index contributed by atoms with van der Waals surface area (Å²) in [6, 6.07) is 18.9. The van der Waals surface area contributed by atoms with Crippen LogP contribution in [-0.4, -0.2) is 24.3 Å². The second kappa shape index (κ2) is 13.4. The summed E-state index contributed by atoms with van der Waals surface area (Å²) in [4.78, 5) is 37.8. The lowest BCUT2D eigenvalue weighted by atomic mass is 10.1. The van der Waals surface area contributed by atoms with Crippen LogP contribution in [-0.2, 0) is 0 Å². The molecule has 0 fully saturated rings. The topological polar surface area (TPSA) is 96.5 Å². The Hall–Kier alpha value is -3.65. The van der Waals surface area contributed by atoms with Crippen LogP contribution in [0, 0.1) is 6.92 Å². The smallest absolute Gasteiger partial charge is 0.273 e. The summed E-state index contributed by atoms with van der Waals surface area (Å²) in [5.41, 5.74) is 7.51. The summed E-state index contributed by atoms with van der Waals surface area (Å²) in [5, 5.41) is 2.82. The molecule has 188 valence electrons. The van der Waals surface area contributed by atoms with Crippen LogP contribution in [0.5, 0.6) is 5.75 Å². The zero-order valence-electron chi connectivity index (χ0n) is 20.4. The number of rotatable bonds is 10. The third-order valence-corrected chi connectivity index (χ3v) is 6.02. The summed E-state index contributed by atoms with van der Waals surface area (Å²) >= 11 is 3.37. The predicted molar refractivity (Wildman–Crippen MR) is 144 cm³/mol. The number of aryl methyl sites for hydroxylation is 1. The number of hydrazine groups is 1. The second-order valence-corrected chi connectivity index (χ2v) is 9.22. The first-order valence-electron chi connectivity index (χ1n) is 11.9. The maximum atomic E-state index is 12.8. The molecule has 0 radical (unpaired) electrons. The molecule has 0 saturated heterocycles. The molecular weight excluding hydrogens is 522 g/mol. The van der Waals surface area contributed by atoms with Crippen molar-refractivity contribution in [2.75, 3.05) is 11.9 Å². The van der Waals surface area contributed by atoms with Crippen LogP contribution in [0.3, 0.4) is 0 Å². The third kappa shape index (κ3) is 7.68. The molecule has 0 aromatic heterocycles. The van der Waals surface area contributed by atoms with Crippen LogP contribution in [0.4, 0.5) is 5.69 Å². The van der Waals surface area contributed by atoms with Gasteiger partial charge in [0, 0.05) is 21.3 Å². The molecule has 0 heterocycles. The molecule has 3 rings (SSSR count). The Balaban J connectivity index is 1.56. The highest BCUT2D eigenvalue weighted by molar-refractivity contribution is 9.10. The van der Waals surface area contributed by atoms with Crippen LogP contribution < -0.4 is 20.9 Å². The average molecular weight is 552 g/mol. The van der Waals surface area contributed by atoms with Crippen molar-refractivity contribution < 1.29 is 19.1 Å². The van der Waals surface area contributed by atoms with Crippen LogP contribution in [0.25, 0.3) is 0 Å². The number of amides is 3. The van der Waals surface area contributed by atoms with Crippen molar-refractivity contribution in [1.29, 1.82) is 0 Å². The van der Waals surface area contributed by atoms with Gasteiger partial charge < -0.3 is 10.1 Å². The van der Waals surface area contributed by atoms with Crippen LogP contribution in [0.2, 0.25) is 0 Å². The molecule has 3 aromatic carbocycles. The normalized spacial score (nSPS) is 10.4. The first-order chi connectivity index (χ1) is 17.4. The third-order valence-electron chi connectivity index (χ3n) is 5.53. The number of nitrogens with one attached hydrogen (secondary N) is 3. The monoisotopic (exact) mass is 551 g/mol. The molecule has 0 atom stereocenters. The maximum absolute atomic E-state index is 12.8. The van der Waals surface area contributed by atoms with Gasteiger partial charge in [0.05, 0.1) is 12.2 Å². The summed E-state index contributed by atoms with van der Waals surface area (Å²) in [6.07, 6.45) is 4.25. The zero-order chi connectivity index (χ0) is 25.9. The number of carbonyl (C=O) groups excluding carboxylic acids is 3. The van der Waals surface area contributed by atoms with E-state index in [1.54, 1.807) is 54.6 Å². The largest absolute Gasteiger partial charge is 0.493 e. The molecule has 3 N–H and O–H groups in total. The molecule has 8 heteroatoms. The van der Waals surface area contributed by atoms with Crippen LogP contribution in [0.1, 0.15) is 69.2 Å². The van der Waals surface area contributed by atoms with Crippen molar-refractivity contribution in [2.24, 2.45) is 0 Å². The molecule has 3 aromatic rings. The number of benzene rings is 3. The lowest BCUT2D eigenvalue weighted by molar-refractivity contribution is 0.0844. The fraction of sp³-hybridized carbons (Fsp3) is 0.250. The number of anilines is 1. The Morgan fingerprint density at radius 1 is 0.806 bits per heavy atom. The van der Waals surface area contributed by atoms with Gasteiger partial charge in [0.1, 0.15) is 5.75 Å². The van der Waals surface area contributed by atoms with E-state index in [1.165, 1.54) is 0 Å². The zero-order valence-corrected chi connectivity index (χ0v) is 22.0. The van der Waals surface area contributed by atoms with Crippen molar-refractivity contribution in [1.82, 2.24) is 10.9 Å². The van der Waals surface area contributed by atoms with Gasteiger partial charge in [-0.15, -0.1) is 0 Å². The number of halogens is 1. The van der Waals surface area contributed by atoms with Crippen LogP contribution in [0.15, 0.2) is 71.2 Å². The Morgan fingerprint density at radius 2 is 1.53 bits per heavy atom. The molecule has 36 heavy (non-hydrogen) atoms. The minimum absolute atomic E-state index is 0.227. The highest BCUT2D eigenvalue weighted by Gasteiger charge is 2.15. The Labute approximate surface area is 219 Å². The number of unbranched alkanes of at least 4 members (excludes halogenated alkanes) is 3. The molecule has 0 spiro atoms. The standard InChI is InChI=1S/C28H30BrN3O4/c1-3-4-5-8-17-36-25-16-13-21(29)18-24(25)28(35)32-31-26(33)20-11-14-22(15-12-20)30-27(34)23-10-7-6-9-19(23)2/h6-7,9-16,18H,3-5,8,17H2,1-2H3,(H,30,34)(H,31,33)(H,32,35). The van der Waals surface area contributed by atoms with E-state index in [-0.39, 0.29) is 5.91 Å². The van der Waals surface area contributed by atoms with Crippen LogP contribution >= 0.6 is 15.9 Å². The Morgan fingerprint density at radius 3 is 2.25 bits per heavy atom. The van der Waals surface area contributed by atoms with Gasteiger partial charge >= 0.3 is 0 Å². The quantitative estimate of drug-likeness (QED) is 0.211. The van der Waals surface area contributed by atoms with E-state index >= 15 is 0 Å². The summed E-state index contributed by atoms with van der Waals surface area (Å²) in [5.74, 6) is -0.752. The molecule has 0 bridgehead atoms. The van der Waals surface area contributed by atoms with E-state index in [4.69, 9.17) is 4.74 Å². The van der Waals surface area contributed by atoms with Gasteiger partial charge in [0.15, 0.2) is 0 Å². The molecule has 0 saturated carbocycles. The fourth-order valence-corrected chi connectivity index (χ4v) is 3.86. The van der Waals surface area contributed by atoms with E-state index in [9.17, 15) is 14.4 Å². The second-order valence-electron chi connectivity index (χ2n) is 8.30. The summed E-state index contributed by atoms with van der Waals surface area (Å²) in [6.45, 7) is 4.53. The first-order valence-corrected chi connectivity index (χ1v) is 12.7. The van der Waals surface area contributed by atoms with Gasteiger partial charge in [-0.1, -0.05) is 60.3 Å². The van der Waals surface area contributed by atoms with Gasteiger partial charge in [0.2, 0.25) is 0 Å². The number of ether oxygens (including phenoxy) is 1. The molecular formula is C28H30BrN3O4. The molecule has 0 unspecified atom stereocenters. The van der Waals surface area contributed by atoms with Crippen molar-refractivity contribution >= 4 is 39.3 Å². The van der Waals surface area contributed by atoms with E-state index in [0.717, 1.165) is 35.7 Å². The number of hydrogen-bond acceptors (Lipinski definition) is 4. The van der Waals surface area contributed by atoms with Gasteiger partial charge in [-0.2, -0.15) is 0 Å². The minimum atomic E-state index is -0.490. The fourth-order valence-electron chi connectivity index (χ4n) is 3.50. The maximum Gasteiger partial charge on any atom is 0.273 e. The van der Waals surface area contributed by atoms with Crippen molar-refractivity contribution in [3.63, 3.8) is 0 Å². The predicted octanol–water partition coefficient (Wildman–Crippen LogP) is 6.04. The molecule has 0 aliphatic rings. The number of carbonyl (C=O) groups is 3. The van der Waals surface area contributed by atoms with Gasteiger partial charge in [-0.3, -0.25) is 25.2 Å². The van der Waals surface area contributed by atoms with Crippen molar-refractivity contribution in [3.8, 4) is 5.75 Å². The van der Waals surface area contributed by atoms with Crippen molar-refractivity contribution in [3.05, 3.63) is 93.5 Å². The molecule has 0 aliphatic carbocycles. The highest BCUT2D eigenvalue weighted by Crippen LogP contribution is 2.23. The average Bonchev–Trinajstić information content (AvgIpc) is 2.88. The Bertz CT molecular complexity index is 1210. The summed E-state index contributed by atoms with van der Waals surface area (Å²) in [7, 11) is 0. The lowest BCUT2D eigenvalue weighted by Gasteiger charge is -2.13. The van der Waals surface area contributed by atoms with E-state index in [0.29, 0.717) is 34.7 Å². The van der Waals surface area contributed by atoms with Crippen molar-refractivity contribution in [2.45, 2.75) is 39.5 Å².